The third-order valence-corrected chi connectivity index (χ3v) is 3.47. The van der Waals surface area contributed by atoms with Crippen LogP contribution in [0.15, 0.2) is 18.2 Å². The number of aryl methyl sites for hydroxylation is 2. The van der Waals surface area contributed by atoms with Crippen molar-refractivity contribution in [3.8, 4) is 5.75 Å². The minimum atomic E-state index is -0.524. The molecule has 0 unspecified atom stereocenters. The summed E-state index contributed by atoms with van der Waals surface area (Å²) in [6.07, 6.45) is 0. The first kappa shape index (κ1) is 14.6. The Bertz CT molecular complexity index is 670. The highest BCUT2D eigenvalue weighted by Crippen LogP contribution is 2.31. The molecule has 0 atom stereocenters. The van der Waals surface area contributed by atoms with E-state index >= 15 is 0 Å². The van der Waals surface area contributed by atoms with Gasteiger partial charge in [-0.05, 0) is 13.0 Å². The van der Waals surface area contributed by atoms with Crippen LogP contribution < -0.4 is 4.74 Å². The normalized spacial score (nSPS) is 10.6. The third kappa shape index (κ3) is 2.86. The van der Waals surface area contributed by atoms with E-state index in [4.69, 9.17) is 27.9 Å². The molecule has 106 valence electrons. The standard InChI is InChI=1S/C12H11Cl2N3O3/c1-7-9(12(14)16(2)15-7)6-20-11-5-8(13)3-4-10(11)17(18)19/h3-5H,6H2,1-2H3. The fraction of sp³-hybridized carbons (Fsp3) is 0.250. The van der Waals surface area contributed by atoms with Gasteiger partial charge < -0.3 is 4.74 Å². The summed E-state index contributed by atoms with van der Waals surface area (Å²) in [5.41, 5.74) is 1.25. The zero-order valence-corrected chi connectivity index (χ0v) is 12.3. The molecule has 0 saturated carbocycles. The van der Waals surface area contributed by atoms with Gasteiger partial charge in [-0.25, -0.2) is 0 Å². The molecule has 20 heavy (non-hydrogen) atoms. The number of rotatable bonds is 4. The Morgan fingerprint density at radius 1 is 1.45 bits per heavy atom. The van der Waals surface area contributed by atoms with Gasteiger partial charge >= 0.3 is 5.69 Å². The number of halogens is 2. The van der Waals surface area contributed by atoms with Gasteiger partial charge in [0.05, 0.1) is 10.6 Å². The molecule has 0 N–H and O–H groups in total. The predicted octanol–water partition coefficient (Wildman–Crippen LogP) is 3.52. The second-order valence-electron chi connectivity index (χ2n) is 4.14. The van der Waals surface area contributed by atoms with E-state index < -0.39 is 4.92 Å². The Kier molecular flexibility index (Phi) is 4.15. The second-order valence-corrected chi connectivity index (χ2v) is 4.93. The Morgan fingerprint density at radius 3 is 2.70 bits per heavy atom. The van der Waals surface area contributed by atoms with Crippen LogP contribution in [0.25, 0.3) is 0 Å². The molecule has 0 saturated heterocycles. The van der Waals surface area contributed by atoms with Gasteiger partial charge in [-0.2, -0.15) is 5.10 Å². The molecule has 2 rings (SSSR count). The van der Waals surface area contributed by atoms with Gasteiger partial charge in [0.15, 0.2) is 5.75 Å². The molecule has 0 aliphatic heterocycles. The van der Waals surface area contributed by atoms with E-state index in [1.807, 2.05) is 0 Å². The Morgan fingerprint density at radius 2 is 2.15 bits per heavy atom. The zero-order chi connectivity index (χ0) is 14.9. The molecule has 1 aromatic heterocycles. The first-order chi connectivity index (χ1) is 9.40. The van der Waals surface area contributed by atoms with E-state index in [9.17, 15) is 10.1 Å². The SMILES string of the molecule is Cc1nn(C)c(Cl)c1COc1cc(Cl)ccc1[N+](=O)[O-]. The first-order valence-corrected chi connectivity index (χ1v) is 6.40. The smallest absolute Gasteiger partial charge is 0.311 e. The topological polar surface area (TPSA) is 70.2 Å². The zero-order valence-electron chi connectivity index (χ0n) is 10.8. The van der Waals surface area contributed by atoms with Crippen molar-refractivity contribution in [2.75, 3.05) is 0 Å². The second kappa shape index (κ2) is 5.68. The van der Waals surface area contributed by atoms with Crippen LogP contribution in [0.3, 0.4) is 0 Å². The van der Waals surface area contributed by atoms with Crippen LogP contribution in [-0.2, 0) is 13.7 Å². The number of ether oxygens (including phenoxy) is 1. The lowest BCUT2D eigenvalue weighted by Gasteiger charge is -2.07. The maximum atomic E-state index is 10.9. The maximum absolute atomic E-state index is 10.9. The molecule has 2 aromatic rings. The molecular weight excluding hydrogens is 305 g/mol. The average molecular weight is 316 g/mol. The van der Waals surface area contributed by atoms with Gasteiger partial charge in [-0.3, -0.25) is 14.8 Å². The number of aromatic nitrogens is 2. The molecular formula is C12H11Cl2N3O3. The van der Waals surface area contributed by atoms with E-state index in [-0.39, 0.29) is 18.0 Å². The van der Waals surface area contributed by atoms with Crippen LogP contribution in [0.1, 0.15) is 11.3 Å². The van der Waals surface area contributed by atoms with E-state index in [0.29, 0.717) is 21.4 Å². The molecule has 8 heteroatoms. The van der Waals surface area contributed by atoms with E-state index in [1.54, 1.807) is 14.0 Å². The molecule has 6 nitrogen and oxygen atoms in total. The largest absolute Gasteiger partial charge is 0.482 e. The fourth-order valence-corrected chi connectivity index (χ4v) is 2.13. The average Bonchev–Trinajstić information content (AvgIpc) is 2.61. The summed E-state index contributed by atoms with van der Waals surface area (Å²) in [4.78, 5) is 10.4. The quantitative estimate of drug-likeness (QED) is 0.639. The third-order valence-electron chi connectivity index (χ3n) is 2.76. The van der Waals surface area contributed by atoms with Gasteiger partial charge in [-0.1, -0.05) is 23.2 Å². The summed E-state index contributed by atoms with van der Waals surface area (Å²) in [6.45, 7) is 1.87. The van der Waals surface area contributed by atoms with Crippen LogP contribution in [0.2, 0.25) is 10.2 Å². The predicted molar refractivity (Wildman–Crippen MR) is 75.4 cm³/mol. The van der Waals surface area contributed by atoms with E-state index in [2.05, 4.69) is 5.10 Å². The van der Waals surface area contributed by atoms with Crippen molar-refractivity contribution in [2.45, 2.75) is 13.5 Å². The molecule has 0 fully saturated rings. The molecule has 0 aliphatic rings. The molecule has 1 heterocycles. The molecule has 0 radical (unpaired) electrons. The van der Waals surface area contributed by atoms with E-state index in [0.717, 1.165) is 0 Å². The lowest BCUT2D eigenvalue weighted by Crippen LogP contribution is -2.00. The lowest BCUT2D eigenvalue weighted by atomic mass is 10.2. The highest BCUT2D eigenvalue weighted by Gasteiger charge is 2.18. The number of hydrogen-bond donors (Lipinski definition) is 0. The number of nitro benzene ring substituents is 1. The van der Waals surface area contributed by atoms with Crippen molar-refractivity contribution in [2.24, 2.45) is 7.05 Å². The molecule has 0 aliphatic carbocycles. The molecule has 0 bridgehead atoms. The van der Waals surface area contributed by atoms with Gasteiger partial charge in [0.25, 0.3) is 0 Å². The maximum Gasteiger partial charge on any atom is 0.311 e. The number of nitrogens with zero attached hydrogens (tertiary/aromatic N) is 3. The molecule has 1 aromatic carbocycles. The number of hydrogen-bond acceptors (Lipinski definition) is 4. The van der Waals surface area contributed by atoms with Crippen molar-refractivity contribution in [3.05, 3.63) is 49.7 Å². The Labute approximate surface area is 125 Å². The van der Waals surface area contributed by atoms with E-state index in [1.165, 1.54) is 22.9 Å². The summed E-state index contributed by atoms with van der Waals surface area (Å²) in [7, 11) is 1.71. The minimum absolute atomic E-state index is 0.0830. The van der Waals surface area contributed by atoms with Gasteiger partial charge in [0.2, 0.25) is 0 Å². The van der Waals surface area contributed by atoms with Crippen LogP contribution in [0.4, 0.5) is 5.69 Å². The minimum Gasteiger partial charge on any atom is -0.482 e. The van der Waals surface area contributed by atoms with Crippen molar-refractivity contribution in [1.29, 1.82) is 0 Å². The first-order valence-electron chi connectivity index (χ1n) is 5.65. The van der Waals surface area contributed by atoms with Crippen LogP contribution in [-0.4, -0.2) is 14.7 Å². The highest BCUT2D eigenvalue weighted by atomic mass is 35.5. The Hall–Kier alpha value is -1.79. The summed E-state index contributed by atoms with van der Waals surface area (Å²) in [6, 6.07) is 4.14. The van der Waals surface area contributed by atoms with Gasteiger partial charge in [-0.15, -0.1) is 0 Å². The van der Waals surface area contributed by atoms with Crippen molar-refractivity contribution < 1.29 is 9.66 Å². The van der Waals surface area contributed by atoms with Crippen molar-refractivity contribution >= 4 is 28.9 Å². The van der Waals surface area contributed by atoms with Gasteiger partial charge in [0.1, 0.15) is 11.8 Å². The summed E-state index contributed by atoms with van der Waals surface area (Å²) < 4.78 is 6.99. The van der Waals surface area contributed by atoms with Crippen LogP contribution >= 0.6 is 23.2 Å². The highest BCUT2D eigenvalue weighted by molar-refractivity contribution is 6.31. The van der Waals surface area contributed by atoms with Crippen molar-refractivity contribution in [1.82, 2.24) is 9.78 Å². The van der Waals surface area contributed by atoms with Gasteiger partial charge in [0, 0.05) is 29.8 Å². The van der Waals surface area contributed by atoms with Crippen LogP contribution in [0, 0.1) is 17.0 Å². The fourth-order valence-electron chi connectivity index (χ4n) is 1.74. The number of benzene rings is 1. The monoisotopic (exact) mass is 315 g/mol. The lowest BCUT2D eigenvalue weighted by molar-refractivity contribution is -0.385. The van der Waals surface area contributed by atoms with Crippen LogP contribution in [0.5, 0.6) is 5.75 Å². The molecule has 0 amide bonds. The summed E-state index contributed by atoms with van der Waals surface area (Å²) >= 11 is 11.9. The summed E-state index contributed by atoms with van der Waals surface area (Å²) in [5.74, 6) is 0.0989. The number of nitro groups is 1. The summed E-state index contributed by atoms with van der Waals surface area (Å²) in [5, 5.41) is 15.9. The van der Waals surface area contributed by atoms with Crippen molar-refractivity contribution in [3.63, 3.8) is 0 Å². The Balaban J connectivity index is 2.27. The molecule has 0 spiro atoms.